The topological polar surface area (TPSA) is 40.1 Å². The van der Waals surface area contributed by atoms with Crippen LogP contribution in [-0.2, 0) is 4.74 Å². The first-order valence-corrected chi connectivity index (χ1v) is 9.21. The highest BCUT2D eigenvalue weighted by Gasteiger charge is 2.21. The van der Waals surface area contributed by atoms with Crippen LogP contribution in [0.4, 0.5) is 0 Å². The van der Waals surface area contributed by atoms with Crippen molar-refractivity contribution in [2.24, 2.45) is 10.9 Å². The zero-order chi connectivity index (χ0) is 17.2. The molecule has 1 saturated carbocycles. The van der Waals surface area contributed by atoms with Gasteiger partial charge < -0.3 is 15.0 Å². The molecule has 1 fully saturated rings. The monoisotopic (exact) mass is 326 g/mol. The normalized spacial score (nSPS) is 15.8. The first-order valence-electron chi connectivity index (χ1n) is 9.21. The van der Waals surface area contributed by atoms with Crippen LogP contribution in [0.1, 0.15) is 47.0 Å². The van der Waals surface area contributed by atoms with Crippen LogP contribution >= 0.6 is 0 Å². The van der Waals surface area contributed by atoms with Gasteiger partial charge in [-0.25, -0.2) is 0 Å². The summed E-state index contributed by atoms with van der Waals surface area (Å²) in [6, 6.07) is 1.20. The molecule has 1 N–H and O–H groups in total. The van der Waals surface area contributed by atoms with Crippen molar-refractivity contribution >= 4 is 5.96 Å². The van der Waals surface area contributed by atoms with E-state index in [0.717, 1.165) is 51.1 Å². The molecule has 0 radical (unpaired) electrons. The van der Waals surface area contributed by atoms with Crippen molar-refractivity contribution in [3.8, 4) is 0 Å². The van der Waals surface area contributed by atoms with Crippen LogP contribution in [0, 0.1) is 5.92 Å². The minimum absolute atomic E-state index is 0.598. The second-order valence-electron chi connectivity index (χ2n) is 7.19. The second kappa shape index (κ2) is 10.9. The zero-order valence-electron chi connectivity index (χ0n) is 16.1. The molecule has 23 heavy (non-hydrogen) atoms. The molecule has 1 aliphatic carbocycles. The van der Waals surface area contributed by atoms with Crippen molar-refractivity contribution in [2.75, 3.05) is 46.9 Å². The van der Waals surface area contributed by atoms with Crippen molar-refractivity contribution < 1.29 is 4.74 Å². The Morgan fingerprint density at radius 3 is 2.35 bits per heavy atom. The van der Waals surface area contributed by atoms with Crippen molar-refractivity contribution in [2.45, 2.75) is 59.0 Å². The van der Waals surface area contributed by atoms with Crippen LogP contribution < -0.4 is 5.32 Å². The lowest BCUT2D eigenvalue weighted by molar-refractivity contribution is 0.115. The van der Waals surface area contributed by atoms with Gasteiger partial charge in [-0.05, 0) is 52.9 Å². The highest BCUT2D eigenvalue weighted by Crippen LogP contribution is 2.28. The summed E-state index contributed by atoms with van der Waals surface area (Å²) in [4.78, 5) is 9.04. The van der Waals surface area contributed by atoms with Crippen LogP contribution in [0.5, 0.6) is 0 Å². The van der Waals surface area contributed by atoms with Gasteiger partial charge in [-0.2, -0.15) is 0 Å². The van der Waals surface area contributed by atoms with E-state index in [0.29, 0.717) is 12.1 Å². The molecule has 0 aliphatic heterocycles. The summed E-state index contributed by atoms with van der Waals surface area (Å²) < 4.78 is 5.70. The fraction of sp³-hybridized carbons (Fsp3) is 0.944. The van der Waals surface area contributed by atoms with Gasteiger partial charge >= 0.3 is 0 Å². The zero-order valence-corrected chi connectivity index (χ0v) is 16.1. The average molecular weight is 327 g/mol. The number of hydrogen-bond acceptors (Lipinski definition) is 3. The molecule has 0 bridgehead atoms. The van der Waals surface area contributed by atoms with Gasteiger partial charge in [0.15, 0.2) is 5.96 Å². The maximum atomic E-state index is 5.70. The third kappa shape index (κ3) is 8.56. The van der Waals surface area contributed by atoms with E-state index in [1.807, 2.05) is 7.05 Å². The van der Waals surface area contributed by atoms with Gasteiger partial charge in [-0.3, -0.25) is 9.89 Å². The van der Waals surface area contributed by atoms with Gasteiger partial charge in [0, 0.05) is 52.4 Å². The van der Waals surface area contributed by atoms with Crippen LogP contribution in [0.3, 0.4) is 0 Å². The van der Waals surface area contributed by atoms with Crippen LogP contribution in [0.2, 0.25) is 0 Å². The smallest absolute Gasteiger partial charge is 0.193 e. The highest BCUT2D eigenvalue weighted by molar-refractivity contribution is 5.79. The number of rotatable bonds is 11. The maximum Gasteiger partial charge on any atom is 0.193 e. The predicted octanol–water partition coefficient (Wildman–Crippen LogP) is 2.43. The van der Waals surface area contributed by atoms with Crippen LogP contribution in [-0.4, -0.2) is 74.8 Å². The van der Waals surface area contributed by atoms with Gasteiger partial charge in [-0.1, -0.05) is 0 Å². The number of nitrogens with one attached hydrogen (secondary N) is 1. The van der Waals surface area contributed by atoms with Crippen molar-refractivity contribution in [1.29, 1.82) is 0 Å². The Hall–Kier alpha value is -0.810. The van der Waals surface area contributed by atoms with E-state index >= 15 is 0 Å². The molecule has 136 valence electrons. The summed E-state index contributed by atoms with van der Waals surface area (Å²) in [6.07, 6.45) is 3.83. The Kier molecular flexibility index (Phi) is 9.56. The van der Waals surface area contributed by atoms with Crippen molar-refractivity contribution in [1.82, 2.24) is 15.1 Å². The SMILES string of the molecule is CN=C(NCCCN(C(C)C)C(C)C)N(C)CCOCC1CC1. The minimum Gasteiger partial charge on any atom is -0.379 e. The number of guanidine groups is 1. The average Bonchev–Trinajstić information content (AvgIpc) is 3.30. The standard InChI is InChI=1S/C18H38N4O/c1-15(2)22(16(3)4)11-7-10-20-18(19-5)21(6)12-13-23-14-17-8-9-17/h15-17H,7-14H2,1-6H3,(H,19,20). The molecule has 0 saturated heterocycles. The van der Waals surface area contributed by atoms with E-state index in [1.54, 1.807) is 0 Å². The van der Waals surface area contributed by atoms with Crippen LogP contribution in [0.25, 0.3) is 0 Å². The Balaban J connectivity index is 2.16. The van der Waals surface area contributed by atoms with E-state index in [-0.39, 0.29) is 0 Å². The van der Waals surface area contributed by atoms with Gasteiger partial charge in [0.2, 0.25) is 0 Å². The number of likely N-dealkylation sites (N-methyl/N-ethyl adjacent to an activating group) is 1. The van der Waals surface area contributed by atoms with Gasteiger partial charge in [0.05, 0.1) is 6.61 Å². The largest absolute Gasteiger partial charge is 0.379 e. The Labute approximate surface area is 143 Å². The Bertz CT molecular complexity index is 332. The summed E-state index contributed by atoms with van der Waals surface area (Å²) >= 11 is 0. The van der Waals surface area contributed by atoms with Gasteiger partial charge in [0.1, 0.15) is 0 Å². The molecule has 0 heterocycles. The molecule has 0 aromatic heterocycles. The molecule has 0 atom stereocenters. The quantitative estimate of drug-likeness (QED) is 0.360. The third-order valence-corrected chi connectivity index (χ3v) is 4.40. The molecular formula is C18H38N4O. The third-order valence-electron chi connectivity index (χ3n) is 4.40. The Morgan fingerprint density at radius 1 is 1.17 bits per heavy atom. The fourth-order valence-corrected chi connectivity index (χ4v) is 2.80. The number of aliphatic imine (C=N–C) groups is 1. The molecule has 0 amide bonds. The predicted molar refractivity (Wildman–Crippen MR) is 99.1 cm³/mol. The summed E-state index contributed by atoms with van der Waals surface area (Å²) in [5, 5.41) is 3.46. The van der Waals surface area contributed by atoms with Gasteiger partial charge in [-0.15, -0.1) is 0 Å². The summed E-state index contributed by atoms with van der Waals surface area (Å²) in [6.45, 7) is 13.7. The van der Waals surface area contributed by atoms with E-state index in [4.69, 9.17) is 4.74 Å². The second-order valence-corrected chi connectivity index (χ2v) is 7.19. The van der Waals surface area contributed by atoms with E-state index in [2.05, 4.69) is 54.9 Å². The molecule has 5 nitrogen and oxygen atoms in total. The number of hydrogen-bond donors (Lipinski definition) is 1. The first-order chi connectivity index (χ1) is 11.0. The molecule has 1 rings (SSSR count). The molecule has 0 spiro atoms. The lowest BCUT2D eigenvalue weighted by Gasteiger charge is -2.30. The lowest BCUT2D eigenvalue weighted by atomic mass is 10.2. The first kappa shape index (κ1) is 20.2. The van der Waals surface area contributed by atoms with E-state index < -0.39 is 0 Å². The summed E-state index contributed by atoms with van der Waals surface area (Å²) in [5.74, 6) is 1.79. The minimum atomic E-state index is 0.598. The number of nitrogens with zero attached hydrogens (tertiary/aromatic N) is 3. The number of ether oxygens (including phenoxy) is 1. The molecule has 5 heteroatoms. The maximum absolute atomic E-state index is 5.70. The molecule has 0 aromatic carbocycles. The lowest BCUT2D eigenvalue weighted by Crippen LogP contribution is -2.42. The van der Waals surface area contributed by atoms with Crippen molar-refractivity contribution in [3.05, 3.63) is 0 Å². The molecule has 1 aliphatic rings. The highest BCUT2D eigenvalue weighted by atomic mass is 16.5. The molecule has 0 aromatic rings. The van der Waals surface area contributed by atoms with Gasteiger partial charge in [0.25, 0.3) is 0 Å². The Morgan fingerprint density at radius 2 is 1.83 bits per heavy atom. The molecule has 0 unspecified atom stereocenters. The van der Waals surface area contributed by atoms with E-state index in [9.17, 15) is 0 Å². The summed E-state index contributed by atoms with van der Waals surface area (Å²) in [7, 11) is 3.92. The van der Waals surface area contributed by atoms with Crippen LogP contribution in [0.15, 0.2) is 4.99 Å². The van der Waals surface area contributed by atoms with Crippen molar-refractivity contribution in [3.63, 3.8) is 0 Å². The molecular weight excluding hydrogens is 288 g/mol. The fourth-order valence-electron chi connectivity index (χ4n) is 2.80. The van der Waals surface area contributed by atoms with E-state index in [1.165, 1.54) is 12.8 Å². The summed E-state index contributed by atoms with van der Waals surface area (Å²) in [5.41, 5.74) is 0.